The van der Waals surface area contributed by atoms with E-state index in [2.05, 4.69) is 20.2 Å². The Kier molecular flexibility index (Phi) is 5.35. The summed E-state index contributed by atoms with van der Waals surface area (Å²) in [7, 11) is 1.61. The maximum absolute atomic E-state index is 11.7. The minimum atomic E-state index is -0.433. The summed E-state index contributed by atoms with van der Waals surface area (Å²) in [6, 6.07) is 9.46. The number of amides is 1. The number of morpholine rings is 1. The fourth-order valence-corrected chi connectivity index (χ4v) is 2.48. The Morgan fingerprint density at radius 3 is 2.88 bits per heavy atom. The Morgan fingerprint density at radius 2 is 2.17 bits per heavy atom. The van der Waals surface area contributed by atoms with E-state index in [-0.39, 0.29) is 5.91 Å². The van der Waals surface area contributed by atoms with Crippen molar-refractivity contribution in [2.75, 3.05) is 26.7 Å². The molecule has 1 aromatic carbocycles. The van der Waals surface area contributed by atoms with Crippen LogP contribution in [0.2, 0.25) is 0 Å². The minimum absolute atomic E-state index is 0.0996. The maximum Gasteiger partial charge on any atom is 0.250 e. The molecule has 1 atom stereocenters. The summed E-state index contributed by atoms with van der Waals surface area (Å²) in [5.74, 6) is 1.08. The van der Waals surface area contributed by atoms with Crippen LogP contribution in [-0.2, 0) is 16.1 Å². The van der Waals surface area contributed by atoms with Gasteiger partial charge in [0.25, 0.3) is 0 Å². The van der Waals surface area contributed by atoms with Gasteiger partial charge in [-0.1, -0.05) is 18.2 Å². The van der Waals surface area contributed by atoms with Crippen molar-refractivity contribution in [3.05, 3.63) is 48.4 Å². The number of hydrogen-bond acceptors (Lipinski definition) is 6. The first-order valence-corrected chi connectivity index (χ1v) is 7.84. The highest BCUT2D eigenvalue weighted by molar-refractivity contribution is 5.80. The Morgan fingerprint density at radius 1 is 1.33 bits per heavy atom. The van der Waals surface area contributed by atoms with Gasteiger partial charge in [-0.15, -0.1) is 0 Å². The number of carbonyl (C=O) groups excluding carboxylic acids is 1. The minimum Gasteiger partial charge on any atom is -0.438 e. The van der Waals surface area contributed by atoms with Crippen LogP contribution in [0.5, 0.6) is 11.6 Å². The van der Waals surface area contributed by atoms with Gasteiger partial charge in [0.2, 0.25) is 11.8 Å². The van der Waals surface area contributed by atoms with Gasteiger partial charge in [-0.2, -0.15) is 0 Å². The van der Waals surface area contributed by atoms with Gasteiger partial charge in [0.15, 0.2) is 0 Å². The van der Waals surface area contributed by atoms with Gasteiger partial charge in [0.1, 0.15) is 11.9 Å². The van der Waals surface area contributed by atoms with E-state index in [1.54, 1.807) is 19.4 Å². The highest BCUT2D eigenvalue weighted by Gasteiger charge is 2.26. The van der Waals surface area contributed by atoms with Crippen LogP contribution in [-0.4, -0.2) is 53.6 Å². The number of ether oxygens (including phenoxy) is 2. The van der Waals surface area contributed by atoms with Crippen LogP contribution >= 0.6 is 0 Å². The SMILES string of the molecule is CNC(=O)[C@@H]1CN(Cc2cnc(Oc3ccccc3)cn2)CCO1. The number of likely N-dealkylation sites (N-methyl/N-ethyl adjacent to an activating group) is 1. The maximum atomic E-state index is 11.7. The molecule has 0 saturated carbocycles. The third-order valence-corrected chi connectivity index (χ3v) is 3.72. The molecule has 2 heterocycles. The van der Waals surface area contributed by atoms with Gasteiger partial charge < -0.3 is 14.8 Å². The highest BCUT2D eigenvalue weighted by Crippen LogP contribution is 2.18. The fourth-order valence-electron chi connectivity index (χ4n) is 2.48. The molecule has 0 spiro atoms. The van der Waals surface area contributed by atoms with Crippen LogP contribution in [0.25, 0.3) is 0 Å². The molecule has 0 radical (unpaired) electrons. The Labute approximate surface area is 140 Å². The molecule has 7 heteroatoms. The van der Waals surface area contributed by atoms with Crippen molar-refractivity contribution in [1.29, 1.82) is 0 Å². The highest BCUT2D eigenvalue weighted by atomic mass is 16.5. The van der Waals surface area contributed by atoms with Crippen LogP contribution in [0.1, 0.15) is 5.69 Å². The lowest BCUT2D eigenvalue weighted by atomic mass is 10.2. The first kappa shape index (κ1) is 16.4. The second kappa shape index (κ2) is 7.85. The standard InChI is InChI=1S/C17H20N4O3/c1-18-17(22)15-12-21(7-8-23-15)11-13-9-20-16(10-19-13)24-14-5-3-2-4-6-14/h2-6,9-10,15H,7-8,11-12H2,1H3,(H,18,22)/t15-/m0/s1. The average Bonchev–Trinajstić information content (AvgIpc) is 2.64. The van der Waals surface area contributed by atoms with Crippen LogP contribution in [0.3, 0.4) is 0 Å². The van der Waals surface area contributed by atoms with E-state index in [9.17, 15) is 4.79 Å². The third-order valence-electron chi connectivity index (χ3n) is 3.72. The lowest BCUT2D eigenvalue weighted by Gasteiger charge is -2.31. The first-order valence-electron chi connectivity index (χ1n) is 7.84. The number of benzene rings is 1. The monoisotopic (exact) mass is 328 g/mol. The molecule has 1 saturated heterocycles. The molecule has 3 rings (SSSR count). The molecule has 0 bridgehead atoms. The summed E-state index contributed by atoms with van der Waals surface area (Å²) < 4.78 is 11.1. The van der Waals surface area contributed by atoms with Gasteiger partial charge in [-0.05, 0) is 12.1 Å². The van der Waals surface area contributed by atoms with Crippen LogP contribution < -0.4 is 10.1 Å². The average molecular weight is 328 g/mol. The molecule has 24 heavy (non-hydrogen) atoms. The summed E-state index contributed by atoms with van der Waals surface area (Å²) in [6.45, 7) is 2.46. The van der Waals surface area contributed by atoms with E-state index >= 15 is 0 Å². The summed E-state index contributed by atoms with van der Waals surface area (Å²) in [4.78, 5) is 22.5. The van der Waals surface area contributed by atoms with Gasteiger partial charge in [-0.25, -0.2) is 4.98 Å². The molecule has 0 unspecified atom stereocenters. The summed E-state index contributed by atoms with van der Waals surface area (Å²) in [5.41, 5.74) is 0.827. The number of para-hydroxylation sites is 1. The Balaban J connectivity index is 1.57. The van der Waals surface area contributed by atoms with Crippen molar-refractivity contribution >= 4 is 5.91 Å². The van der Waals surface area contributed by atoms with E-state index in [4.69, 9.17) is 9.47 Å². The van der Waals surface area contributed by atoms with E-state index in [1.165, 1.54) is 0 Å². The lowest BCUT2D eigenvalue weighted by Crippen LogP contribution is -2.48. The van der Waals surface area contributed by atoms with Crippen LogP contribution in [0.4, 0.5) is 0 Å². The molecule has 1 aliphatic heterocycles. The quantitative estimate of drug-likeness (QED) is 0.889. The number of carbonyl (C=O) groups is 1. The van der Waals surface area contributed by atoms with E-state index in [0.29, 0.717) is 25.6 Å². The number of aromatic nitrogens is 2. The second-order valence-electron chi connectivity index (χ2n) is 5.47. The second-order valence-corrected chi connectivity index (χ2v) is 5.47. The van der Waals surface area contributed by atoms with Crippen molar-refractivity contribution in [2.45, 2.75) is 12.6 Å². The molecular formula is C17H20N4O3. The molecule has 1 fully saturated rings. The topological polar surface area (TPSA) is 76.6 Å². The fraction of sp³-hybridized carbons (Fsp3) is 0.353. The van der Waals surface area contributed by atoms with Gasteiger partial charge >= 0.3 is 0 Å². The molecule has 126 valence electrons. The van der Waals surface area contributed by atoms with Crippen molar-refractivity contribution in [1.82, 2.24) is 20.2 Å². The third kappa shape index (κ3) is 4.27. The molecule has 2 aromatic rings. The lowest BCUT2D eigenvalue weighted by molar-refractivity contribution is -0.138. The zero-order valence-corrected chi connectivity index (χ0v) is 13.5. The van der Waals surface area contributed by atoms with Gasteiger partial charge in [0, 0.05) is 26.7 Å². The van der Waals surface area contributed by atoms with Crippen molar-refractivity contribution in [3.63, 3.8) is 0 Å². The molecular weight excluding hydrogens is 308 g/mol. The van der Waals surface area contributed by atoms with Crippen molar-refractivity contribution in [2.24, 2.45) is 0 Å². The zero-order chi connectivity index (χ0) is 16.8. The summed E-state index contributed by atoms with van der Waals surface area (Å²) in [6.07, 6.45) is 2.87. The van der Waals surface area contributed by atoms with Crippen molar-refractivity contribution < 1.29 is 14.3 Å². The smallest absolute Gasteiger partial charge is 0.250 e. The van der Waals surface area contributed by atoms with E-state index in [0.717, 1.165) is 18.0 Å². The largest absolute Gasteiger partial charge is 0.438 e. The van der Waals surface area contributed by atoms with Crippen molar-refractivity contribution in [3.8, 4) is 11.6 Å². The van der Waals surface area contributed by atoms with E-state index in [1.807, 2.05) is 30.3 Å². The number of nitrogens with one attached hydrogen (secondary N) is 1. The van der Waals surface area contributed by atoms with Gasteiger partial charge in [-0.3, -0.25) is 14.7 Å². The Hall–Kier alpha value is -2.51. The molecule has 1 aromatic heterocycles. The number of hydrogen-bond donors (Lipinski definition) is 1. The zero-order valence-electron chi connectivity index (χ0n) is 13.5. The van der Waals surface area contributed by atoms with Crippen LogP contribution in [0.15, 0.2) is 42.7 Å². The predicted molar refractivity (Wildman–Crippen MR) is 87.6 cm³/mol. The Bertz CT molecular complexity index is 663. The molecule has 1 N–H and O–H groups in total. The summed E-state index contributed by atoms with van der Waals surface area (Å²) in [5, 5.41) is 2.61. The molecule has 1 aliphatic rings. The normalized spacial score (nSPS) is 18.1. The van der Waals surface area contributed by atoms with E-state index < -0.39 is 6.10 Å². The first-order chi connectivity index (χ1) is 11.7. The predicted octanol–water partition coefficient (Wildman–Crippen LogP) is 1.22. The molecule has 0 aliphatic carbocycles. The molecule has 1 amide bonds. The number of nitrogens with zero attached hydrogens (tertiary/aromatic N) is 3. The van der Waals surface area contributed by atoms with Crippen LogP contribution in [0, 0.1) is 0 Å². The summed E-state index contributed by atoms with van der Waals surface area (Å²) >= 11 is 0. The molecule has 7 nitrogen and oxygen atoms in total. The van der Waals surface area contributed by atoms with Gasteiger partial charge in [0.05, 0.1) is 24.7 Å². The number of rotatable bonds is 5.